The first kappa shape index (κ1) is 27.4. The average Bonchev–Trinajstić information content (AvgIpc) is 3.14. The molecule has 34 heavy (non-hydrogen) atoms. The van der Waals surface area contributed by atoms with Crippen LogP contribution in [-0.2, 0) is 23.7 Å². The summed E-state index contributed by atoms with van der Waals surface area (Å²) in [5.74, 6) is -0.604. The molecule has 4 atom stereocenters. The van der Waals surface area contributed by atoms with Crippen LogP contribution in [0.1, 0.15) is 91.4 Å². The van der Waals surface area contributed by atoms with Gasteiger partial charge in [0.1, 0.15) is 0 Å². The molecular weight excluding hydrogens is 432 g/mol. The molecule has 3 aliphatic rings. The Bertz CT molecular complexity index is 668. The third-order valence-corrected chi connectivity index (χ3v) is 7.27. The van der Waals surface area contributed by atoms with Gasteiger partial charge >= 0.3 is 5.97 Å². The molecule has 2 saturated heterocycles. The molecule has 6 nitrogen and oxygen atoms in total. The van der Waals surface area contributed by atoms with Gasteiger partial charge in [0.2, 0.25) is 0 Å². The molecule has 1 spiro atoms. The number of carboxylic acid groups (broad SMARTS) is 1. The van der Waals surface area contributed by atoms with Crippen molar-refractivity contribution in [3.63, 3.8) is 0 Å². The minimum Gasteiger partial charge on any atom is -0.481 e. The van der Waals surface area contributed by atoms with Gasteiger partial charge in [-0.2, -0.15) is 0 Å². The van der Waals surface area contributed by atoms with Crippen molar-refractivity contribution in [2.75, 3.05) is 19.8 Å². The molecule has 0 aromatic rings. The van der Waals surface area contributed by atoms with Crippen LogP contribution in [0.5, 0.6) is 0 Å². The van der Waals surface area contributed by atoms with Crippen LogP contribution in [0.25, 0.3) is 0 Å². The van der Waals surface area contributed by atoms with E-state index in [0.29, 0.717) is 12.3 Å². The summed E-state index contributed by atoms with van der Waals surface area (Å²) in [6.07, 6.45) is 18.6. The summed E-state index contributed by atoms with van der Waals surface area (Å²) in [4.78, 5) is 10.7. The molecule has 0 amide bonds. The zero-order chi connectivity index (χ0) is 24.4. The van der Waals surface area contributed by atoms with E-state index in [0.717, 1.165) is 71.2 Å². The Balaban J connectivity index is 1.64. The lowest BCUT2D eigenvalue weighted by molar-refractivity contribution is -0.316. The van der Waals surface area contributed by atoms with Gasteiger partial charge in [0.15, 0.2) is 12.1 Å². The van der Waals surface area contributed by atoms with Crippen molar-refractivity contribution in [3.05, 3.63) is 24.3 Å². The van der Waals surface area contributed by atoms with Crippen molar-refractivity contribution in [1.29, 1.82) is 0 Å². The zero-order valence-corrected chi connectivity index (χ0v) is 21.5. The van der Waals surface area contributed by atoms with E-state index in [-0.39, 0.29) is 30.1 Å². The Kier molecular flexibility index (Phi) is 10.6. The Morgan fingerprint density at radius 3 is 2.59 bits per heavy atom. The molecule has 3 rings (SSSR count). The lowest BCUT2D eigenvalue weighted by atomic mass is 9.85. The van der Waals surface area contributed by atoms with Crippen molar-refractivity contribution in [2.24, 2.45) is 17.3 Å². The van der Waals surface area contributed by atoms with E-state index in [4.69, 9.17) is 24.1 Å². The van der Waals surface area contributed by atoms with Crippen molar-refractivity contribution in [2.45, 2.75) is 110 Å². The van der Waals surface area contributed by atoms with Gasteiger partial charge < -0.3 is 24.1 Å². The highest BCUT2D eigenvalue weighted by Crippen LogP contribution is 2.50. The van der Waals surface area contributed by atoms with Gasteiger partial charge in [0.05, 0.1) is 19.3 Å². The van der Waals surface area contributed by atoms with Gasteiger partial charge in [-0.05, 0) is 57.3 Å². The van der Waals surface area contributed by atoms with E-state index in [1.165, 1.54) is 6.42 Å². The second-order valence-corrected chi connectivity index (χ2v) is 11.0. The molecule has 1 saturated carbocycles. The lowest BCUT2D eigenvalue weighted by Crippen LogP contribution is -2.50. The molecule has 0 bridgehead atoms. The molecule has 0 radical (unpaired) electrons. The van der Waals surface area contributed by atoms with E-state index in [1.807, 2.05) is 6.08 Å². The molecule has 0 aromatic carbocycles. The molecule has 2 aliphatic heterocycles. The van der Waals surface area contributed by atoms with Crippen molar-refractivity contribution in [1.82, 2.24) is 0 Å². The SMILES string of the molecule is CCCC(C=C[C@@H]1CCC2(OCC(C)(C)CO2)[C@H]1CCC=CCCC(=O)O)OC1CCCCO1. The van der Waals surface area contributed by atoms with Crippen LogP contribution in [0.4, 0.5) is 0 Å². The summed E-state index contributed by atoms with van der Waals surface area (Å²) in [7, 11) is 0. The predicted molar refractivity (Wildman–Crippen MR) is 132 cm³/mol. The quantitative estimate of drug-likeness (QED) is 0.334. The summed E-state index contributed by atoms with van der Waals surface area (Å²) in [6, 6.07) is 0. The number of hydrogen-bond donors (Lipinski definition) is 1. The van der Waals surface area contributed by atoms with E-state index in [9.17, 15) is 4.79 Å². The molecule has 0 aromatic heterocycles. The number of carbonyl (C=O) groups is 1. The van der Waals surface area contributed by atoms with Crippen LogP contribution in [-0.4, -0.2) is 49.1 Å². The largest absolute Gasteiger partial charge is 0.481 e. The Morgan fingerprint density at radius 1 is 1.15 bits per heavy atom. The molecule has 2 unspecified atom stereocenters. The Morgan fingerprint density at radius 2 is 1.91 bits per heavy atom. The van der Waals surface area contributed by atoms with Crippen LogP contribution >= 0.6 is 0 Å². The maximum absolute atomic E-state index is 10.7. The van der Waals surface area contributed by atoms with Crippen molar-refractivity contribution in [3.8, 4) is 0 Å². The summed E-state index contributed by atoms with van der Waals surface area (Å²) in [6.45, 7) is 8.80. The number of ether oxygens (including phenoxy) is 4. The highest BCUT2D eigenvalue weighted by molar-refractivity contribution is 5.66. The minimum atomic E-state index is -0.751. The monoisotopic (exact) mass is 478 g/mol. The molecule has 2 heterocycles. The number of carboxylic acids is 1. The summed E-state index contributed by atoms with van der Waals surface area (Å²) in [5.41, 5.74) is 0.0422. The molecule has 1 aliphatic carbocycles. The summed E-state index contributed by atoms with van der Waals surface area (Å²) < 4.78 is 25.0. The number of allylic oxidation sites excluding steroid dienone is 3. The first-order valence-corrected chi connectivity index (χ1v) is 13.4. The van der Waals surface area contributed by atoms with Crippen LogP contribution in [0.3, 0.4) is 0 Å². The molecule has 194 valence electrons. The summed E-state index contributed by atoms with van der Waals surface area (Å²) in [5, 5.41) is 8.84. The van der Waals surface area contributed by atoms with Gasteiger partial charge in [-0.1, -0.05) is 51.5 Å². The molecule has 1 N–H and O–H groups in total. The topological polar surface area (TPSA) is 74.2 Å². The fourth-order valence-corrected chi connectivity index (χ4v) is 5.31. The summed E-state index contributed by atoms with van der Waals surface area (Å²) >= 11 is 0. The second kappa shape index (κ2) is 13.2. The van der Waals surface area contributed by atoms with Crippen molar-refractivity contribution >= 4 is 5.97 Å². The van der Waals surface area contributed by atoms with E-state index < -0.39 is 11.8 Å². The van der Waals surface area contributed by atoms with Gasteiger partial charge in [0.25, 0.3) is 0 Å². The number of rotatable bonds is 12. The van der Waals surface area contributed by atoms with Crippen molar-refractivity contribution < 1.29 is 28.8 Å². The minimum absolute atomic E-state index is 0.0422. The second-order valence-electron chi connectivity index (χ2n) is 11.0. The smallest absolute Gasteiger partial charge is 0.303 e. The predicted octanol–water partition coefficient (Wildman–Crippen LogP) is 6.25. The first-order chi connectivity index (χ1) is 16.3. The highest BCUT2D eigenvalue weighted by Gasteiger charge is 2.52. The number of hydrogen-bond acceptors (Lipinski definition) is 5. The Labute approximate surface area is 206 Å². The van der Waals surface area contributed by atoms with Gasteiger partial charge in [-0.3, -0.25) is 4.79 Å². The van der Waals surface area contributed by atoms with Crippen LogP contribution < -0.4 is 0 Å². The Hall–Kier alpha value is -1.21. The normalized spacial score (nSPS) is 29.8. The van der Waals surface area contributed by atoms with E-state index in [2.05, 4.69) is 39.0 Å². The molecule has 6 heteroatoms. The third-order valence-electron chi connectivity index (χ3n) is 7.27. The van der Waals surface area contributed by atoms with Gasteiger partial charge in [0, 0.05) is 30.8 Å². The average molecular weight is 479 g/mol. The standard InChI is InChI=1S/C28H46O6/c1-4-11-23(34-26-14-9-10-19-31-26)16-15-22-17-18-28(32-20-27(2,3)21-33-28)24(22)12-7-5-6-8-13-25(29)30/h5-6,15-16,22-24,26H,4,7-14,17-21H2,1-3H3,(H,29,30)/t22-,23?,24+,26?/m1/s1. The van der Waals surface area contributed by atoms with Gasteiger partial charge in [-0.15, -0.1) is 0 Å². The molecular formula is C28H46O6. The van der Waals surface area contributed by atoms with E-state index >= 15 is 0 Å². The lowest BCUT2D eigenvalue weighted by Gasteiger charge is -2.45. The zero-order valence-electron chi connectivity index (χ0n) is 21.5. The highest BCUT2D eigenvalue weighted by atomic mass is 16.7. The van der Waals surface area contributed by atoms with E-state index in [1.54, 1.807) is 0 Å². The third kappa shape index (κ3) is 8.18. The fraction of sp³-hybridized carbons (Fsp3) is 0.821. The molecule has 3 fully saturated rings. The van der Waals surface area contributed by atoms with Crippen LogP contribution in [0.2, 0.25) is 0 Å². The van der Waals surface area contributed by atoms with Gasteiger partial charge in [-0.25, -0.2) is 0 Å². The maximum atomic E-state index is 10.7. The fourth-order valence-electron chi connectivity index (χ4n) is 5.31. The first-order valence-electron chi connectivity index (χ1n) is 13.4. The maximum Gasteiger partial charge on any atom is 0.303 e. The van der Waals surface area contributed by atoms with Crippen LogP contribution in [0.15, 0.2) is 24.3 Å². The number of aliphatic carboxylic acids is 1. The van der Waals surface area contributed by atoms with Crippen LogP contribution in [0, 0.1) is 17.3 Å².